The van der Waals surface area contributed by atoms with Gasteiger partial charge in [-0.2, -0.15) is 0 Å². The van der Waals surface area contributed by atoms with E-state index in [1.54, 1.807) is 0 Å². The van der Waals surface area contributed by atoms with Gasteiger partial charge in [0.1, 0.15) is 10.0 Å². The molecule has 2 atom stereocenters. The lowest BCUT2D eigenvalue weighted by atomic mass is 9.78. The summed E-state index contributed by atoms with van der Waals surface area (Å²) in [7, 11) is -3.70. The van der Waals surface area contributed by atoms with Crippen molar-refractivity contribution in [3.05, 3.63) is 23.5 Å². The summed E-state index contributed by atoms with van der Waals surface area (Å²) in [5, 5.41) is 9.89. The molecule has 2 N–H and O–H groups in total. The van der Waals surface area contributed by atoms with Crippen LogP contribution >= 0.6 is 11.6 Å². The smallest absolute Gasteiger partial charge is 0.242 e. The highest BCUT2D eigenvalue weighted by Gasteiger charge is 2.38. The van der Waals surface area contributed by atoms with Gasteiger partial charge < -0.3 is 5.11 Å². The number of nitrogens with one attached hydrogen (secondary N) is 1. The third-order valence-corrected chi connectivity index (χ3v) is 5.54. The zero-order chi connectivity index (χ0) is 14.8. The number of sulfonamides is 1. The van der Waals surface area contributed by atoms with Crippen LogP contribution < -0.4 is 4.72 Å². The third-order valence-electron chi connectivity index (χ3n) is 3.76. The predicted molar refractivity (Wildman–Crippen MR) is 77.0 cm³/mol. The largest absolute Gasteiger partial charge is 0.394 e. The van der Waals surface area contributed by atoms with Gasteiger partial charge in [-0.05, 0) is 30.9 Å². The molecule has 1 heterocycles. The van der Waals surface area contributed by atoms with Crippen molar-refractivity contribution in [2.24, 2.45) is 5.92 Å². The summed E-state index contributed by atoms with van der Waals surface area (Å²) >= 11 is 5.66. The number of aliphatic hydroxyl groups is 1. The number of rotatable bonds is 4. The minimum absolute atomic E-state index is 0.0629. The molecule has 1 aliphatic rings. The van der Waals surface area contributed by atoms with Gasteiger partial charge in [-0.15, -0.1) is 0 Å². The van der Waals surface area contributed by atoms with Crippen molar-refractivity contribution in [3.8, 4) is 0 Å². The summed E-state index contributed by atoms with van der Waals surface area (Å²) in [6, 6.07) is 2.85. The third kappa shape index (κ3) is 3.49. The summed E-state index contributed by atoms with van der Waals surface area (Å²) in [4.78, 5) is 3.85. The maximum atomic E-state index is 12.4. The first-order valence-corrected chi connectivity index (χ1v) is 8.49. The molecule has 7 heteroatoms. The number of aromatic nitrogens is 1. The molecular weight excluding hydrogens is 300 g/mol. The first-order valence-electron chi connectivity index (χ1n) is 6.63. The molecule has 1 aliphatic carbocycles. The summed E-state index contributed by atoms with van der Waals surface area (Å²) in [5.41, 5.74) is -0.768. The van der Waals surface area contributed by atoms with Crippen molar-refractivity contribution in [3.63, 3.8) is 0 Å². The molecule has 0 amide bonds. The Morgan fingerprint density at radius 3 is 2.85 bits per heavy atom. The maximum Gasteiger partial charge on any atom is 0.242 e. The van der Waals surface area contributed by atoms with E-state index in [2.05, 4.69) is 16.6 Å². The Labute approximate surface area is 124 Å². The van der Waals surface area contributed by atoms with Crippen molar-refractivity contribution in [1.29, 1.82) is 0 Å². The molecule has 2 rings (SSSR count). The second-order valence-electron chi connectivity index (χ2n) is 5.56. The standard InChI is InChI=1S/C13H19ClN2O3S/c1-10-3-2-6-13(7-10,9-17)16-20(18,19)11-4-5-12(14)15-8-11/h4-5,8,10,16-17H,2-3,6-7,9H2,1H3. The summed E-state index contributed by atoms with van der Waals surface area (Å²) < 4.78 is 27.4. The van der Waals surface area contributed by atoms with Crippen molar-refractivity contribution >= 4 is 21.6 Å². The predicted octanol–water partition coefficient (Wildman–Crippen LogP) is 1.95. The van der Waals surface area contributed by atoms with Crippen molar-refractivity contribution in [2.45, 2.75) is 43.0 Å². The highest BCUT2D eigenvalue weighted by Crippen LogP contribution is 2.33. The van der Waals surface area contributed by atoms with Gasteiger partial charge in [0.25, 0.3) is 0 Å². The molecule has 1 fully saturated rings. The lowest BCUT2D eigenvalue weighted by molar-refractivity contribution is 0.119. The Balaban J connectivity index is 2.23. The molecule has 112 valence electrons. The molecule has 0 saturated heterocycles. The van der Waals surface area contributed by atoms with Gasteiger partial charge in [0.05, 0.1) is 12.1 Å². The molecule has 0 aliphatic heterocycles. The molecule has 0 radical (unpaired) electrons. The number of halogens is 1. The van der Waals surface area contributed by atoms with Crippen LogP contribution in [-0.2, 0) is 10.0 Å². The molecule has 2 unspecified atom stereocenters. The fourth-order valence-electron chi connectivity index (χ4n) is 2.79. The van der Waals surface area contributed by atoms with E-state index in [1.807, 2.05) is 0 Å². The Hall–Kier alpha value is -0.690. The van der Waals surface area contributed by atoms with Crippen LogP contribution in [0.1, 0.15) is 32.6 Å². The summed E-state index contributed by atoms with van der Waals surface area (Å²) in [5.74, 6) is 0.391. The van der Waals surface area contributed by atoms with Crippen LogP contribution in [0.4, 0.5) is 0 Å². The minimum Gasteiger partial charge on any atom is -0.394 e. The molecule has 20 heavy (non-hydrogen) atoms. The first-order chi connectivity index (χ1) is 9.37. The van der Waals surface area contributed by atoms with Gasteiger partial charge in [-0.3, -0.25) is 0 Å². The second kappa shape index (κ2) is 5.97. The molecule has 0 spiro atoms. The van der Waals surface area contributed by atoms with Crippen molar-refractivity contribution < 1.29 is 13.5 Å². The number of aliphatic hydroxyl groups excluding tert-OH is 1. The van der Waals surface area contributed by atoms with Crippen LogP contribution in [0.3, 0.4) is 0 Å². The van der Waals surface area contributed by atoms with Crippen LogP contribution in [0.2, 0.25) is 5.15 Å². The molecule has 0 bridgehead atoms. The second-order valence-corrected chi connectivity index (χ2v) is 7.63. The topological polar surface area (TPSA) is 79.3 Å². The van der Waals surface area contributed by atoms with E-state index in [9.17, 15) is 13.5 Å². The van der Waals surface area contributed by atoms with Crippen LogP contribution in [0.15, 0.2) is 23.2 Å². The molecule has 1 aromatic rings. The highest BCUT2D eigenvalue weighted by molar-refractivity contribution is 7.89. The quantitative estimate of drug-likeness (QED) is 0.832. The average molecular weight is 319 g/mol. The normalized spacial score (nSPS) is 27.4. The lowest BCUT2D eigenvalue weighted by Gasteiger charge is -2.38. The SMILES string of the molecule is CC1CCCC(CO)(NS(=O)(=O)c2ccc(Cl)nc2)C1. The van der Waals surface area contributed by atoms with E-state index in [4.69, 9.17) is 11.6 Å². The van der Waals surface area contributed by atoms with Gasteiger partial charge in [-0.25, -0.2) is 18.1 Å². The Bertz CT molecular complexity index is 561. The molecule has 1 aromatic heterocycles. The van der Waals surface area contributed by atoms with Gasteiger partial charge in [-0.1, -0.05) is 31.4 Å². The molecule has 0 aromatic carbocycles. The zero-order valence-electron chi connectivity index (χ0n) is 11.3. The van der Waals surface area contributed by atoms with E-state index >= 15 is 0 Å². The molecule has 5 nitrogen and oxygen atoms in total. The highest BCUT2D eigenvalue weighted by atomic mass is 35.5. The monoisotopic (exact) mass is 318 g/mol. The van der Waals surface area contributed by atoms with E-state index < -0.39 is 15.6 Å². The van der Waals surface area contributed by atoms with E-state index in [1.165, 1.54) is 18.3 Å². The van der Waals surface area contributed by atoms with Gasteiger partial charge in [0.2, 0.25) is 10.0 Å². The van der Waals surface area contributed by atoms with E-state index in [0.29, 0.717) is 18.8 Å². The van der Waals surface area contributed by atoms with Gasteiger partial charge in [0.15, 0.2) is 0 Å². The van der Waals surface area contributed by atoms with Crippen molar-refractivity contribution in [1.82, 2.24) is 9.71 Å². The summed E-state index contributed by atoms with van der Waals surface area (Å²) in [6.07, 6.45) is 4.48. The van der Waals surface area contributed by atoms with Gasteiger partial charge >= 0.3 is 0 Å². The fourth-order valence-corrected chi connectivity index (χ4v) is 4.28. The Morgan fingerprint density at radius 1 is 1.55 bits per heavy atom. The van der Waals surface area contributed by atoms with Crippen LogP contribution in [0.25, 0.3) is 0 Å². The fraction of sp³-hybridized carbons (Fsp3) is 0.615. The van der Waals surface area contributed by atoms with E-state index in [0.717, 1.165) is 12.8 Å². The Kier molecular flexibility index (Phi) is 4.69. The minimum atomic E-state index is -3.70. The first kappa shape index (κ1) is 15.7. The number of pyridine rings is 1. The number of hydrogen-bond acceptors (Lipinski definition) is 4. The summed E-state index contributed by atoms with van der Waals surface area (Å²) in [6.45, 7) is 1.87. The number of nitrogens with zero attached hydrogens (tertiary/aromatic N) is 1. The molecule has 1 saturated carbocycles. The molecular formula is C13H19ClN2O3S. The number of hydrogen-bond donors (Lipinski definition) is 2. The van der Waals surface area contributed by atoms with E-state index in [-0.39, 0.29) is 16.7 Å². The van der Waals surface area contributed by atoms with Crippen LogP contribution in [0, 0.1) is 5.92 Å². The maximum absolute atomic E-state index is 12.4. The average Bonchev–Trinajstić information content (AvgIpc) is 2.38. The lowest BCUT2D eigenvalue weighted by Crippen LogP contribution is -2.53. The van der Waals surface area contributed by atoms with Crippen LogP contribution in [0.5, 0.6) is 0 Å². The zero-order valence-corrected chi connectivity index (χ0v) is 12.9. The van der Waals surface area contributed by atoms with Crippen LogP contribution in [-0.4, -0.2) is 30.7 Å². The Morgan fingerprint density at radius 2 is 2.30 bits per heavy atom. The van der Waals surface area contributed by atoms with Crippen molar-refractivity contribution in [2.75, 3.05) is 6.61 Å². The van der Waals surface area contributed by atoms with Gasteiger partial charge in [0, 0.05) is 6.20 Å².